The molecule has 0 radical (unpaired) electrons. The molecule has 0 amide bonds. The maximum Gasteiger partial charge on any atom is 0.417 e. The fraction of sp³-hybridized carbons (Fsp3) is 0.231. The second kappa shape index (κ2) is 5.92. The minimum absolute atomic E-state index is 0.0348. The molecular weight excluding hydrogens is 415 g/mol. The van der Waals surface area contributed by atoms with Crippen LogP contribution in [0.25, 0.3) is 11.4 Å². The number of rotatable bonds is 2. The molecule has 1 aromatic heterocycles. The van der Waals surface area contributed by atoms with Gasteiger partial charge in [-0.3, -0.25) is 0 Å². The van der Waals surface area contributed by atoms with Gasteiger partial charge in [0, 0.05) is 10.0 Å². The van der Waals surface area contributed by atoms with Crippen LogP contribution < -0.4 is 5.73 Å². The largest absolute Gasteiger partial charge is 0.417 e. The third-order valence-corrected chi connectivity index (χ3v) is 4.17. The van der Waals surface area contributed by atoms with Gasteiger partial charge in [-0.2, -0.15) is 13.2 Å². The van der Waals surface area contributed by atoms with Crippen LogP contribution in [0.3, 0.4) is 0 Å². The molecule has 1 aromatic carbocycles. The van der Waals surface area contributed by atoms with Gasteiger partial charge in [0.05, 0.1) is 15.7 Å². The lowest BCUT2D eigenvalue weighted by molar-refractivity contribution is -0.137. The van der Waals surface area contributed by atoms with Gasteiger partial charge in [0.2, 0.25) is 0 Å². The van der Waals surface area contributed by atoms with E-state index in [1.54, 1.807) is 0 Å². The topological polar surface area (TPSA) is 51.8 Å². The molecule has 0 aliphatic heterocycles. The molecule has 2 aromatic rings. The fourth-order valence-corrected chi connectivity index (χ4v) is 2.63. The van der Waals surface area contributed by atoms with Gasteiger partial charge in [-0.1, -0.05) is 22.9 Å². The van der Waals surface area contributed by atoms with Gasteiger partial charge in [-0.05, 0) is 40.5 Å². The Morgan fingerprint density at radius 3 is 2.43 bits per heavy atom. The minimum atomic E-state index is -4.50. The number of benzene rings is 1. The standard InChI is InChI=1S/C13H10Br2F3N3/c1-2-9-10(15)11(19)21-12(20-9)7-4-3-6(14)5-8(7)13(16,17)18/h3-5H,2H2,1H3,(H2,19,20,21). The van der Waals surface area contributed by atoms with Crippen LogP contribution in [0.2, 0.25) is 0 Å². The highest BCUT2D eigenvalue weighted by atomic mass is 79.9. The zero-order valence-corrected chi connectivity index (χ0v) is 14.0. The molecule has 0 saturated heterocycles. The lowest BCUT2D eigenvalue weighted by Gasteiger charge is -2.14. The van der Waals surface area contributed by atoms with E-state index >= 15 is 0 Å². The van der Waals surface area contributed by atoms with Gasteiger partial charge in [-0.15, -0.1) is 0 Å². The van der Waals surface area contributed by atoms with Crippen LogP contribution in [0.5, 0.6) is 0 Å². The van der Waals surface area contributed by atoms with Crippen molar-refractivity contribution in [3.8, 4) is 11.4 Å². The second-order valence-electron chi connectivity index (χ2n) is 4.23. The van der Waals surface area contributed by atoms with Gasteiger partial charge in [-0.25, -0.2) is 9.97 Å². The Balaban J connectivity index is 2.70. The first-order valence-electron chi connectivity index (χ1n) is 5.93. The average molecular weight is 425 g/mol. The molecule has 0 bridgehead atoms. The summed E-state index contributed by atoms with van der Waals surface area (Å²) in [6, 6.07) is 3.84. The summed E-state index contributed by atoms with van der Waals surface area (Å²) in [7, 11) is 0. The highest BCUT2D eigenvalue weighted by molar-refractivity contribution is 9.10. The predicted octanol–water partition coefficient (Wildman–Crippen LogP) is 4.83. The van der Waals surface area contributed by atoms with Crippen molar-refractivity contribution in [3.63, 3.8) is 0 Å². The van der Waals surface area contributed by atoms with E-state index in [0.717, 1.165) is 6.07 Å². The Kier molecular flexibility index (Phi) is 4.57. The van der Waals surface area contributed by atoms with E-state index in [9.17, 15) is 13.2 Å². The van der Waals surface area contributed by atoms with Gasteiger partial charge in [0.1, 0.15) is 5.82 Å². The predicted molar refractivity (Wildman–Crippen MR) is 81.7 cm³/mol. The molecule has 1 heterocycles. The maximum atomic E-state index is 13.2. The van der Waals surface area contributed by atoms with Crippen molar-refractivity contribution in [3.05, 3.63) is 38.4 Å². The Morgan fingerprint density at radius 2 is 1.86 bits per heavy atom. The number of halogens is 5. The van der Waals surface area contributed by atoms with E-state index in [1.165, 1.54) is 12.1 Å². The number of nitrogens with zero attached hydrogens (tertiary/aromatic N) is 2. The van der Waals surface area contributed by atoms with E-state index in [2.05, 4.69) is 41.8 Å². The molecule has 3 nitrogen and oxygen atoms in total. The van der Waals surface area contributed by atoms with Crippen LogP contribution in [0.4, 0.5) is 19.0 Å². The van der Waals surface area contributed by atoms with E-state index in [1.807, 2.05) is 6.92 Å². The van der Waals surface area contributed by atoms with Crippen LogP contribution >= 0.6 is 31.9 Å². The molecule has 2 rings (SSSR count). The molecule has 8 heteroatoms. The highest BCUT2D eigenvalue weighted by Gasteiger charge is 2.34. The van der Waals surface area contributed by atoms with Crippen LogP contribution in [0, 0.1) is 0 Å². The second-order valence-corrected chi connectivity index (χ2v) is 5.94. The third kappa shape index (κ3) is 3.37. The van der Waals surface area contributed by atoms with Crippen molar-refractivity contribution in [2.75, 3.05) is 5.73 Å². The Hall–Kier alpha value is -1.15. The first kappa shape index (κ1) is 16.2. The number of alkyl halides is 3. The molecule has 21 heavy (non-hydrogen) atoms. The van der Waals surface area contributed by atoms with E-state index in [4.69, 9.17) is 5.73 Å². The molecule has 0 aliphatic rings. The van der Waals surface area contributed by atoms with Crippen molar-refractivity contribution in [1.82, 2.24) is 9.97 Å². The zero-order valence-electron chi connectivity index (χ0n) is 10.8. The van der Waals surface area contributed by atoms with Crippen molar-refractivity contribution < 1.29 is 13.2 Å². The number of aryl methyl sites for hydroxylation is 1. The van der Waals surface area contributed by atoms with E-state index < -0.39 is 11.7 Å². The summed E-state index contributed by atoms with van der Waals surface area (Å²) in [6.07, 6.45) is -3.98. The lowest BCUT2D eigenvalue weighted by atomic mass is 10.1. The van der Waals surface area contributed by atoms with Crippen molar-refractivity contribution in [2.24, 2.45) is 0 Å². The van der Waals surface area contributed by atoms with Crippen LogP contribution in [-0.2, 0) is 12.6 Å². The quantitative estimate of drug-likeness (QED) is 0.750. The highest BCUT2D eigenvalue weighted by Crippen LogP contribution is 2.38. The number of aromatic nitrogens is 2. The smallest absolute Gasteiger partial charge is 0.383 e. The SMILES string of the molecule is CCc1nc(-c2ccc(Br)cc2C(F)(F)F)nc(N)c1Br. The molecule has 0 atom stereocenters. The van der Waals surface area contributed by atoms with Crippen molar-refractivity contribution >= 4 is 37.7 Å². The number of nitrogen functional groups attached to an aromatic ring is 1. The van der Waals surface area contributed by atoms with E-state index in [-0.39, 0.29) is 17.2 Å². The van der Waals surface area contributed by atoms with Crippen LogP contribution in [-0.4, -0.2) is 9.97 Å². The Labute approximate surface area is 136 Å². The average Bonchev–Trinajstić information content (AvgIpc) is 2.40. The monoisotopic (exact) mass is 423 g/mol. The summed E-state index contributed by atoms with van der Waals surface area (Å²) in [5, 5.41) is 0. The Bertz CT molecular complexity index is 687. The molecule has 112 valence electrons. The molecule has 0 fully saturated rings. The van der Waals surface area contributed by atoms with Gasteiger partial charge < -0.3 is 5.73 Å². The van der Waals surface area contributed by atoms with E-state index in [0.29, 0.717) is 21.1 Å². The summed E-state index contributed by atoms with van der Waals surface area (Å²) >= 11 is 6.28. The van der Waals surface area contributed by atoms with Crippen LogP contribution in [0.1, 0.15) is 18.2 Å². The normalized spacial score (nSPS) is 11.7. The molecule has 2 N–H and O–H groups in total. The van der Waals surface area contributed by atoms with Crippen LogP contribution in [0.15, 0.2) is 27.1 Å². The molecular formula is C13H10Br2F3N3. The number of nitrogens with two attached hydrogens (primary N) is 1. The lowest BCUT2D eigenvalue weighted by Crippen LogP contribution is -2.10. The molecule has 0 unspecified atom stereocenters. The first-order chi connectivity index (χ1) is 9.74. The van der Waals surface area contributed by atoms with Crippen molar-refractivity contribution in [1.29, 1.82) is 0 Å². The summed E-state index contributed by atoms with van der Waals surface area (Å²) in [4.78, 5) is 8.13. The summed E-state index contributed by atoms with van der Waals surface area (Å²) < 4.78 is 40.3. The van der Waals surface area contributed by atoms with Gasteiger partial charge in [0.25, 0.3) is 0 Å². The minimum Gasteiger partial charge on any atom is -0.383 e. The van der Waals surface area contributed by atoms with Crippen molar-refractivity contribution in [2.45, 2.75) is 19.5 Å². The summed E-state index contributed by atoms with van der Waals surface area (Å²) in [5.41, 5.74) is 5.40. The number of anilines is 1. The first-order valence-corrected chi connectivity index (χ1v) is 7.51. The fourth-order valence-electron chi connectivity index (χ4n) is 1.81. The number of hydrogen-bond acceptors (Lipinski definition) is 3. The molecule has 0 spiro atoms. The molecule has 0 saturated carbocycles. The summed E-state index contributed by atoms with van der Waals surface area (Å²) in [6.45, 7) is 1.84. The molecule has 0 aliphatic carbocycles. The zero-order chi connectivity index (χ0) is 15.8. The maximum absolute atomic E-state index is 13.2. The third-order valence-electron chi connectivity index (χ3n) is 2.81. The van der Waals surface area contributed by atoms with Gasteiger partial charge >= 0.3 is 6.18 Å². The Morgan fingerprint density at radius 1 is 1.19 bits per heavy atom. The summed E-state index contributed by atoms with van der Waals surface area (Å²) in [5.74, 6) is 0.0836. The number of hydrogen-bond donors (Lipinski definition) is 1. The van der Waals surface area contributed by atoms with Gasteiger partial charge in [0.15, 0.2) is 5.82 Å².